The number of nitrogens with one attached hydrogen (secondary N) is 1. The molecule has 4 heteroatoms. The van der Waals surface area contributed by atoms with E-state index in [-0.39, 0.29) is 5.91 Å². The number of aryl methyl sites for hydroxylation is 3. The molecular formula is C18H20N2O2. The predicted molar refractivity (Wildman–Crippen MR) is 88.7 cm³/mol. The van der Waals surface area contributed by atoms with Gasteiger partial charge in [0.2, 0.25) is 0 Å². The molecule has 0 unspecified atom stereocenters. The van der Waals surface area contributed by atoms with E-state index in [0.29, 0.717) is 11.3 Å². The molecule has 114 valence electrons. The van der Waals surface area contributed by atoms with Gasteiger partial charge in [-0.15, -0.1) is 0 Å². The van der Waals surface area contributed by atoms with Crippen LogP contribution in [0.2, 0.25) is 0 Å². The van der Waals surface area contributed by atoms with Crippen LogP contribution in [0.1, 0.15) is 32.6 Å². The van der Waals surface area contributed by atoms with E-state index in [4.69, 9.17) is 4.74 Å². The van der Waals surface area contributed by atoms with Crippen LogP contribution >= 0.6 is 0 Å². The smallest absolute Gasteiger partial charge is 0.271 e. The number of carbonyl (C=O) groups excluding carboxylic acids is 1. The summed E-state index contributed by atoms with van der Waals surface area (Å²) in [6.45, 7) is 6.13. The highest BCUT2D eigenvalue weighted by molar-refractivity contribution is 5.95. The van der Waals surface area contributed by atoms with Gasteiger partial charge in [-0.3, -0.25) is 4.79 Å². The monoisotopic (exact) mass is 296 g/mol. The van der Waals surface area contributed by atoms with E-state index < -0.39 is 0 Å². The van der Waals surface area contributed by atoms with Gasteiger partial charge in [0.1, 0.15) is 5.75 Å². The Labute approximate surface area is 130 Å². The summed E-state index contributed by atoms with van der Waals surface area (Å²) < 4.78 is 5.06. The first kappa shape index (κ1) is 15.8. The fourth-order valence-electron chi connectivity index (χ4n) is 2.36. The molecule has 2 aromatic carbocycles. The molecule has 2 rings (SSSR count). The van der Waals surface area contributed by atoms with Gasteiger partial charge in [0, 0.05) is 11.1 Å². The molecule has 0 spiro atoms. The van der Waals surface area contributed by atoms with Crippen LogP contribution in [0, 0.1) is 20.8 Å². The van der Waals surface area contributed by atoms with Crippen LogP contribution < -0.4 is 10.2 Å². The highest BCUT2D eigenvalue weighted by atomic mass is 16.5. The topological polar surface area (TPSA) is 50.7 Å². The summed E-state index contributed by atoms with van der Waals surface area (Å²) >= 11 is 0. The van der Waals surface area contributed by atoms with Crippen molar-refractivity contribution in [3.05, 3.63) is 64.2 Å². The highest BCUT2D eigenvalue weighted by Crippen LogP contribution is 2.14. The number of hydrogen-bond acceptors (Lipinski definition) is 3. The zero-order valence-electron chi connectivity index (χ0n) is 13.3. The Balaban J connectivity index is 2.07. The lowest BCUT2D eigenvalue weighted by Gasteiger charge is -2.06. The molecule has 2 aromatic rings. The number of rotatable bonds is 4. The molecule has 0 radical (unpaired) electrons. The van der Waals surface area contributed by atoms with Gasteiger partial charge in [-0.05, 0) is 56.2 Å². The maximum absolute atomic E-state index is 12.0. The van der Waals surface area contributed by atoms with Gasteiger partial charge in [-0.25, -0.2) is 5.43 Å². The van der Waals surface area contributed by atoms with Gasteiger partial charge in [-0.1, -0.05) is 17.7 Å². The summed E-state index contributed by atoms with van der Waals surface area (Å²) in [7, 11) is 1.59. The van der Waals surface area contributed by atoms with Gasteiger partial charge in [-0.2, -0.15) is 5.10 Å². The summed E-state index contributed by atoms with van der Waals surface area (Å²) in [4.78, 5) is 12.0. The fourth-order valence-corrected chi connectivity index (χ4v) is 2.36. The molecule has 0 aromatic heterocycles. The second kappa shape index (κ2) is 6.89. The minimum atomic E-state index is -0.249. The van der Waals surface area contributed by atoms with Crippen molar-refractivity contribution in [2.75, 3.05) is 7.11 Å². The molecule has 0 aliphatic rings. The lowest BCUT2D eigenvalue weighted by atomic mass is 10.0. The molecule has 0 heterocycles. The Morgan fingerprint density at radius 2 is 1.68 bits per heavy atom. The van der Waals surface area contributed by atoms with Crippen LogP contribution in [-0.2, 0) is 0 Å². The zero-order valence-corrected chi connectivity index (χ0v) is 13.3. The summed E-state index contributed by atoms with van der Waals surface area (Å²) in [6, 6.07) is 11.1. The minimum absolute atomic E-state index is 0.249. The van der Waals surface area contributed by atoms with E-state index in [9.17, 15) is 4.79 Å². The maximum Gasteiger partial charge on any atom is 0.271 e. The van der Waals surface area contributed by atoms with Crippen LogP contribution in [0.5, 0.6) is 5.75 Å². The fraction of sp³-hybridized carbons (Fsp3) is 0.222. The molecule has 0 saturated heterocycles. The minimum Gasteiger partial charge on any atom is -0.497 e. The van der Waals surface area contributed by atoms with E-state index in [1.54, 1.807) is 37.6 Å². The van der Waals surface area contributed by atoms with Crippen LogP contribution in [0.15, 0.2) is 41.5 Å². The molecule has 0 fully saturated rings. The van der Waals surface area contributed by atoms with Crippen LogP contribution in [0.25, 0.3) is 0 Å². The SMILES string of the molecule is COc1ccc(C(=O)NN=Cc2c(C)cc(C)cc2C)cc1. The molecule has 1 N–H and O–H groups in total. The average molecular weight is 296 g/mol. The standard InChI is InChI=1S/C18H20N2O2/c1-12-9-13(2)17(14(3)10-12)11-19-20-18(21)15-5-7-16(22-4)8-6-15/h5-11H,1-4H3,(H,20,21). The average Bonchev–Trinajstić information content (AvgIpc) is 2.49. The van der Waals surface area contributed by atoms with Gasteiger partial charge in [0.15, 0.2) is 0 Å². The highest BCUT2D eigenvalue weighted by Gasteiger charge is 2.05. The van der Waals surface area contributed by atoms with Crippen molar-refractivity contribution >= 4 is 12.1 Å². The Kier molecular flexibility index (Phi) is 4.94. The number of benzene rings is 2. The molecule has 22 heavy (non-hydrogen) atoms. The third-order valence-electron chi connectivity index (χ3n) is 3.45. The van der Waals surface area contributed by atoms with Crippen LogP contribution in [0.4, 0.5) is 0 Å². The van der Waals surface area contributed by atoms with Gasteiger partial charge < -0.3 is 4.74 Å². The first-order valence-corrected chi connectivity index (χ1v) is 7.06. The number of methoxy groups -OCH3 is 1. The quantitative estimate of drug-likeness (QED) is 0.694. The van der Waals surface area contributed by atoms with Crippen molar-refractivity contribution < 1.29 is 9.53 Å². The molecular weight excluding hydrogens is 276 g/mol. The van der Waals surface area contributed by atoms with E-state index in [0.717, 1.165) is 16.7 Å². The lowest BCUT2D eigenvalue weighted by molar-refractivity contribution is 0.0955. The summed E-state index contributed by atoms with van der Waals surface area (Å²) in [6.07, 6.45) is 1.69. The van der Waals surface area contributed by atoms with E-state index in [1.165, 1.54) is 5.56 Å². The van der Waals surface area contributed by atoms with Gasteiger partial charge >= 0.3 is 0 Å². The predicted octanol–water partition coefficient (Wildman–Crippen LogP) is 3.38. The van der Waals surface area contributed by atoms with Crippen molar-refractivity contribution in [1.82, 2.24) is 5.43 Å². The zero-order chi connectivity index (χ0) is 16.1. The number of amides is 1. The van der Waals surface area contributed by atoms with E-state index >= 15 is 0 Å². The lowest BCUT2D eigenvalue weighted by Crippen LogP contribution is -2.17. The third-order valence-corrected chi connectivity index (χ3v) is 3.45. The van der Waals surface area contributed by atoms with Crippen molar-refractivity contribution in [2.45, 2.75) is 20.8 Å². The Hall–Kier alpha value is -2.62. The molecule has 0 saturated carbocycles. The summed E-state index contributed by atoms with van der Waals surface area (Å²) in [5.41, 5.74) is 7.60. The van der Waals surface area contributed by atoms with Crippen molar-refractivity contribution in [3.8, 4) is 5.75 Å². The van der Waals surface area contributed by atoms with Crippen molar-refractivity contribution in [1.29, 1.82) is 0 Å². The summed E-state index contributed by atoms with van der Waals surface area (Å²) in [5, 5.41) is 4.06. The first-order valence-electron chi connectivity index (χ1n) is 7.06. The van der Waals surface area contributed by atoms with Gasteiger partial charge in [0.05, 0.1) is 13.3 Å². The number of nitrogens with zero attached hydrogens (tertiary/aromatic N) is 1. The largest absolute Gasteiger partial charge is 0.497 e. The molecule has 4 nitrogen and oxygen atoms in total. The van der Waals surface area contributed by atoms with Crippen molar-refractivity contribution in [2.24, 2.45) is 5.10 Å². The Morgan fingerprint density at radius 3 is 2.23 bits per heavy atom. The Morgan fingerprint density at radius 1 is 1.09 bits per heavy atom. The Bertz CT molecular complexity index is 681. The number of carbonyl (C=O) groups is 1. The molecule has 0 bridgehead atoms. The summed E-state index contributed by atoms with van der Waals surface area (Å²) in [5.74, 6) is 0.465. The number of ether oxygens (including phenoxy) is 1. The van der Waals surface area contributed by atoms with Crippen molar-refractivity contribution in [3.63, 3.8) is 0 Å². The second-order valence-corrected chi connectivity index (χ2v) is 5.24. The van der Waals surface area contributed by atoms with Crippen LogP contribution in [-0.4, -0.2) is 19.2 Å². The molecule has 0 aliphatic carbocycles. The molecule has 1 amide bonds. The molecule has 0 aliphatic heterocycles. The van der Waals surface area contributed by atoms with Crippen LogP contribution in [0.3, 0.4) is 0 Å². The van der Waals surface area contributed by atoms with E-state index in [1.807, 2.05) is 13.8 Å². The first-order chi connectivity index (χ1) is 10.5. The number of hydrogen-bond donors (Lipinski definition) is 1. The van der Waals surface area contributed by atoms with Gasteiger partial charge in [0.25, 0.3) is 5.91 Å². The molecule has 0 atom stereocenters. The second-order valence-electron chi connectivity index (χ2n) is 5.24. The number of hydrazone groups is 1. The third kappa shape index (κ3) is 3.73. The van der Waals surface area contributed by atoms with E-state index in [2.05, 4.69) is 29.6 Å². The maximum atomic E-state index is 12.0. The normalized spacial score (nSPS) is 10.7.